The zero-order chi connectivity index (χ0) is 16.1. The van der Waals surface area contributed by atoms with E-state index in [0.717, 1.165) is 12.8 Å². The van der Waals surface area contributed by atoms with Gasteiger partial charge in [-0.1, -0.05) is 102 Å². The van der Waals surface area contributed by atoms with Crippen molar-refractivity contribution in [3.8, 4) is 0 Å². The lowest BCUT2D eigenvalue weighted by molar-refractivity contribution is 0.302. The van der Waals surface area contributed by atoms with E-state index in [1.165, 1.54) is 83.5 Å². The highest BCUT2D eigenvalue weighted by molar-refractivity contribution is 4.92. The van der Waals surface area contributed by atoms with Gasteiger partial charge in [-0.2, -0.15) is 0 Å². The van der Waals surface area contributed by atoms with Crippen LogP contribution in [0.1, 0.15) is 103 Å². The van der Waals surface area contributed by atoms with Crippen LogP contribution >= 0.6 is 0 Å². The Labute approximate surface area is 139 Å². The lowest BCUT2D eigenvalue weighted by atomic mass is 10.0. The van der Waals surface area contributed by atoms with Crippen LogP contribution in [-0.4, -0.2) is 11.7 Å². The lowest BCUT2D eigenvalue weighted by Gasteiger charge is -2.02. The Morgan fingerprint density at radius 1 is 0.545 bits per heavy atom. The Balaban J connectivity index is 3.06. The van der Waals surface area contributed by atoms with Gasteiger partial charge in [0.2, 0.25) is 0 Å². The largest absolute Gasteiger partial charge is 0.396 e. The fourth-order valence-corrected chi connectivity index (χ4v) is 2.68. The molecule has 0 unspecified atom stereocenters. The van der Waals surface area contributed by atoms with Crippen LogP contribution in [0.15, 0.2) is 24.3 Å². The van der Waals surface area contributed by atoms with Crippen molar-refractivity contribution in [1.82, 2.24) is 0 Å². The molecule has 0 radical (unpaired) electrons. The molecule has 0 heterocycles. The summed E-state index contributed by atoms with van der Waals surface area (Å²) in [6, 6.07) is 0. The number of aliphatic hydroxyl groups is 1. The summed E-state index contributed by atoms with van der Waals surface area (Å²) in [5, 5.41) is 8.63. The summed E-state index contributed by atoms with van der Waals surface area (Å²) in [5.41, 5.74) is 0. The SMILES string of the molecule is CCCCCCCCCCCCCC/C=C/C/C=C/CCO. The van der Waals surface area contributed by atoms with Gasteiger partial charge in [0.1, 0.15) is 0 Å². The van der Waals surface area contributed by atoms with Gasteiger partial charge in [-0.05, 0) is 25.7 Å². The zero-order valence-electron chi connectivity index (χ0n) is 15.1. The number of rotatable bonds is 17. The van der Waals surface area contributed by atoms with E-state index in [-0.39, 0.29) is 6.61 Å². The molecule has 0 saturated carbocycles. The van der Waals surface area contributed by atoms with Gasteiger partial charge in [-0.3, -0.25) is 0 Å². The fraction of sp³-hybridized carbons (Fsp3) is 0.810. The molecule has 0 aromatic carbocycles. The maximum absolute atomic E-state index is 8.63. The van der Waals surface area contributed by atoms with Crippen molar-refractivity contribution in [3.05, 3.63) is 24.3 Å². The summed E-state index contributed by atoms with van der Waals surface area (Å²) in [6.07, 6.45) is 28.8. The standard InChI is InChI=1S/C21H40O/c1-2-3-4-5-6-7-8-9-10-11-12-13-14-15-16-17-18-19-20-21-22/h15-16,18-19,22H,2-14,17,20-21H2,1H3/b16-15+,19-18+. The Morgan fingerprint density at radius 2 is 1.00 bits per heavy atom. The molecule has 0 fully saturated rings. The van der Waals surface area contributed by atoms with Crippen LogP contribution in [0.3, 0.4) is 0 Å². The summed E-state index contributed by atoms with van der Waals surface area (Å²) in [7, 11) is 0. The minimum absolute atomic E-state index is 0.263. The van der Waals surface area contributed by atoms with Gasteiger partial charge < -0.3 is 5.11 Å². The summed E-state index contributed by atoms with van der Waals surface area (Å²) < 4.78 is 0. The number of unbranched alkanes of at least 4 members (excludes halogenated alkanes) is 12. The van der Waals surface area contributed by atoms with Crippen LogP contribution in [-0.2, 0) is 0 Å². The average molecular weight is 309 g/mol. The highest BCUT2D eigenvalue weighted by atomic mass is 16.2. The molecule has 1 heteroatoms. The molecule has 130 valence electrons. The van der Waals surface area contributed by atoms with Crippen molar-refractivity contribution >= 4 is 0 Å². The first-order valence-corrected chi connectivity index (χ1v) is 9.82. The van der Waals surface area contributed by atoms with Gasteiger partial charge in [0, 0.05) is 6.61 Å². The predicted octanol–water partition coefficient (Wildman–Crippen LogP) is 6.96. The molecule has 0 bridgehead atoms. The van der Waals surface area contributed by atoms with Gasteiger partial charge >= 0.3 is 0 Å². The van der Waals surface area contributed by atoms with E-state index < -0.39 is 0 Å². The molecule has 0 aliphatic rings. The van der Waals surface area contributed by atoms with Crippen LogP contribution in [0.5, 0.6) is 0 Å². The van der Waals surface area contributed by atoms with Gasteiger partial charge in [0.15, 0.2) is 0 Å². The molecule has 0 aliphatic carbocycles. The highest BCUT2D eigenvalue weighted by Crippen LogP contribution is 2.12. The predicted molar refractivity (Wildman–Crippen MR) is 100 cm³/mol. The maximum atomic E-state index is 8.63. The molecular formula is C21H40O. The summed E-state index contributed by atoms with van der Waals surface area (Å²) in [4.78, 5) is 0. The first kappa shape index (κ1) is 21.4. The Hall–Kier alpha value is -0.560. The number of allylic oxidation sites excluding steroid dienone is 3. The van der Waals surface area contributed by atoms with Gasteiger partial charge in [-0.25, -0.2) is 0 Å². The first-order chi connectivity index (χ1) is 10.9. The summed E-state index contributed by atoms with van der Waals surface area (Å²) in [5.74, 6) is 0. The summed E-state index contributed by atoms with van der Waals surface area (Å²) >= 11 is 0. The van der Waals surface area contributed by atoms with Crippen molar-refractivity contribution < 1.29 is 5.11 Å². The number of hydrogen-bond donors (Lipinski definition) is 1. The van der Waals surface area contributed by atoms with E-state index in [9.17, 15) is 0 Å². The van der Waals surface area contributed by atoms with Crippen molar-refractivity contribution in [2.24, 2.45) is 0 Å². The van der Waals surface area contributed by atoms with Crippen molar-refractivity contribution in [2.45, 2.75) is 103 Å². The van der Waals surface area contributed by atoms with Crippen LogP contribution in [0.2, 0.25) is 0 Å². The Morgan fingerprint density at radius 3 is 1.50 bits per heavy atom. The van der Waals surface area contributed by atoms with E-state index in [0.29, 0.717) is 0 Å². The molecule has 0 rings (SSSR count). The van der Waals surface area contributed by atoms with Gasteiger partial charge in [0.05, 0.1) is 0 Å². The van der Waals surface area contributed by atoms with E-state index in [1.807, 2.05) is 6.08 Å². The third-order valence-corrected chi connectivity index (χ3v) is 4.13. The smallest absolute Gasteiger partial charge is 0.0465 e. The fourth-order valence-electron chi connectivity index (χ4n) is 2.68. The lowest BCUT2D eigenvalue weighted by Crippen LogP contribution is -1.82. The molecule has 0 aromatic heterocycles. The molecule has 1 N–H and O–H groups in total. The minimum atomic E-state index is 0.263. The third-order valence-electron chi connectivity index (χ3n) is 4.13. The van der Waals surface area contributed by atoms with Crippen molar-refractivity contribution in [1.29, 1.82) is 0 Å². The first-order valence-electron chi connectivity index (χ1n) is 9.82. The normalized spacial score (nSPS) is 11.9. The van der Waals surface area contributed by atoms with Crippen molar-refractivity contribution in [2.75, 3.05) is 6.61 Å². The van der Waals surface area contributed by atoms with Crippen LogP contribution in [0.25, 0.3) is 0 Å². The molecule has 0 amide bonds. The van der Waals surface area contributed by atoms with Crippen LogP contribution in [0, 0.1) is 0 Å². The highest BCUT2D eigenvalue weighted by Gasteiger charge is 1.92. The number of aliphatic hydroxyl groups excluding tert-OH is 1. The third kappa shape index (κ3) is 19.4. The molecule has 0 spiro atoms. The number of hydrogen-bond acceptors (Lipinski definition) is 1. The molecule has 0 aromatic rings. The molecule has 0 atom stereocenters. The monoisotopic (exact) mass is 308 g/mol. The second-order valence-corrected chi connectivity index (χ2v) is 6.37. The van der Waals surface area contributed by atoms with E-state index >= 15 is 0 Å². The molecule has 22 heavy (non-hydrogen) atoms. The molecule has 0 saturated heterocycles. The van der Waals surface area contributed by atoms with E-state index in [2.05, 4.69) is 25.2 Å². The minimum Gasteiger partial charge on any atom is -0.396 e. The van der Waals surface area contributed by atoms with Crippen LogP contribution in [0.4, 0.5) is 0 Å². The Kier molecular flexibility index (Phi) is 19.9. The second-order valence-electron chi connectivity index (χ2n) is 6.37. The molecule has 0 aliphatic heterocycles. The quantitative estimate of drug-likeness (QED) is 0.227. The van der Waals surface area contributed by atoms with Gasteiger partial charge in [0.25, 0.3) is 0 Å². The molecule has 1 nitrogen and oxygen atoms in total. The maximum Gasteiger partial charge on any atom is 0.0465 e. The average Bonchev–Trinajstić information content (AvgIpc) is 2.54. The van der Waals surface area contributed by atoms with Gasteiger partial charge in [-0.15, -0.1) is 0 Å². The van der Waals surface area contributed by atoms with Crippen LogP contribution < -0.4 is 0 Å². The molecular weight excluding hydrogens is 268 g/mol. The Bertz CT molecular complexity index is 242. The van der Waals surface area contributed by atoms with Crippen molar-refractivity contribution in [3.63, 3.8) is 0 Å². The zero-order valence-corrected chi connectivity index (χ0v) is 15.1. The second kappa shape index (κ2) is 20.4. The topological polar surface area (TPSA) is 20.2 Å². The van der Waals surface area contributed by atoms with E-state index in [1.54, 1.807) is 0 Å². The van der Waals surface area contributed by atoms with E-state index in [4.69, 9.17) is 5.11 Å². The summed E-state index contributed by atoms with van der Waals surface area (Å²) in [6.45, 7) is 2.55.